The summed E-state index contributed by atoms with van der Waals surface area (Å²) < 4.78 is 26.8. The van der Waals surface area contributed by atoms with Crippen molar-refractivity contribution < 1.29 is 8.42 Å². The Balaban J connectivity index is 0.00000220. The molecule has 0 spiro atoms. The number of nitrogens with zero attached hydrogens (tertiary/aromatic N) is 2. The van der Waals surface area contributed by atoms with E-state index in [9.17, 15) is 8.42 Å². The van der Waals surface area contributed by atoms with Gasteiger partial charge >= 0.3 is 0 Å². The van der Waals surface area contributed by atoms with Crippen molar-refractivity contribution in [1.82, 2.24) is 4.31 Å². The minimum absolute atomic E-state index is 0. The largest absolute Gasteiger partial charge is 0.330 e. The summed E-state index contributed by atoms with van der Waals surface area (Å²) in [4.78, 5) is 0.276. The molecule has 0 bridgehead atoms. The summed E-state index contributed by atoms with van der Waals surface area (Å²) >= 11 is 0. The van der Waals surface area contributed by atoms with Crippen LogP contribution in [0.1, 0.15) is 24.5 Å². The molecular weight excluding hydrogens is 310 g/mol. The number of halogens is 1. The van der Waals surface area contributed by atoms with E-state index in [1.807, 2.05) is 13.0 Å². The van der Waals surface area contributed by atoms with Gasteiger partial charge in [0.2, 0.25) is 10.0 Å². The fraction of sp³-hybridized carbons (Fsp3) is 0.500. The summed E-state index contributed by atoms with van der Waals surface area (Å²) in [5.41, 5.74) is 6.65. The second-order valence-electron chi connectivity index (χ2n) is 5.70. The number of aryl methyl sites for hydroxylation is 1. The van der Waals surface area contributed by atoms with E-state index >= 15 is 0 Å². The Morgan fingerprint density at radius 3 is 2.62 bits per heavy atom. The number of benzene rings is 1. The van der Waals surface area contributed by atoms with Crippen molar-refractivity contribution in [2.24, 2.45) is 11.1 Å². The number of sulfonamides is 1. The summed E-state index contributed by atoms with van der Waals surface area (Å²) in [6.45, 7) is 5.15. The molecule has 5 nitrogen and oxygen atoms in total. The number of hydrogen-bond donors (Lipinski definition) is 1. The molecule has 2 N–H and O–H groups in total. The summed E-state index contributed by atoms with van der Waals surface area (Å²) in [5, 5.41) is 8.84. The Hall–Kier alpha value is -1.13. The lowest BCUT2D eigenvalue weighted by Crippen LogP contribution is -2.34. The summed E-state index contributed by atoms with van der Waals surface area (Å²) in [6.07, 6.45) is 0.776. The van der Waals surface area contributed by atoms with Gasteiger partial charge in [-0.05, 0) is 49.1 Å². The van der Waals surface area contributed by atoms with Crippen LogP contribution >= 0.6 is 12.4 Å². The Bertz CT molecular complexity index is 669. The van der Waals surface area contributed by atoms with E-state index in [2.05, 4.69) is 0 Å². The zero-order valence-electron chi connectivity index (χ0n) is 12.2. The maximum absolute atomic E-state index is 12.7. The second-order valence-corrected chi connectivity index (χ2v) is 7.60. The molecule has 0 saturated carbocycles. The quantitative estimate of drug-likeness (QED) is 0.913. The van der Waals surface area contributed by atoms with Gasteiger partial charge in [0, 0.05) is 13.1 Å². The van der Waals surface area contributed by atoms with Gasteiger partial charge in [0.05, 0.1) is 16.5 Å². The van der Waals surface area contributed by atoms with E-state index in [-0.39, 0.29) is 22.7 Å². The van der Waals surface area contributed by atoms with Crippen LogP contribution in [0.5, 0.6) is 0 Å². The molecule has 1 saturated heterocycles. The van der Waals surface area contributed by atoms with E-state index < -0.39 is 10.0 Å². The maximum Gasteiger partial charge on any atom is 0.243 e. The van der Waals surface area contributed by atoms with Crippen LogP contribution in [-0.4, -0.2) is 32.4 Å². The smallest absolute Gasteiger partial charge is 0.243 e. The molecule has 116 valence electrons. The lowest BCUT2D eigenvalue weighted by atomic mass is 9.90. The summed E-state index contributed by atoms with van der Waals surface area (Å²) in [6, 6.07) is 6.67. The molecule has 1 aliphatic rings. The lowest BCUT2D eigenvalue weighted by Gasteiger charge is -2.23. The molecule has 1 atom stereocenters. The predicted molar refractivity (Wildman–Crippen MR) is 83.7 cm³/mol. The molecule has 7 heteroatoms. The zero-order chi connectivity index (χ0) is 15.0. The first kappa shape index (κ1) is 17.9. The topological polar surface area (TPSA) is 87.2 Å². The summed E-state index contributed by atoms with van der Waals surface area (Å²) in [7, 11) is -3.51. The van der Waals surface area contributed by atoms with Crippen LogP contribution in [0.3, 0.4) is 0 Å². The van der Waals surface area contributed by atoms with Crippen LogP contribution in [-0.2, 0) is 10.0 Å². The molecular formula is C14H20ClN3O2S. The Kier molecular flexibility index (Phi) is 5.40. The first-order chi connectivity index (χ1) is 9.32. The van der Waals surface area contributed by atoms with Gasteiger partial charge in [-0.3, -0.25) is 0 Å². The second kappa shape index (κ2) is 6.32. The van der Waals surface area contributed by atoms with Crippen LogP contribution in [0.25, 0.3) is 0 Å². The van der Waals surface area contributed by atoms with Gasteiger partial charge in [0.25, 0.3) is 0 Å². The first-order valence-electron chi connectivity index (χ1n) is 6.53. The molecule has 0 aliphatic carbocycles. The average molecular weight is 330 g/mol. The van der Waals surface area contributed by atoms with Crippen LogP contribution in [0.15, 0.2) is 23.1 Å². The number of nitriles is 1. The van der Waals surface area contributed by atoms with Gasteiger partial charge in [-0.1, -0.05) is 6.92 Å². The summed E-state index contributed by atoms with van der Waals surface area (Å²) in [5.74, 6) is 0. The molecule has 0 amide bonds. The minimum atomic E-state index is -3.51. The van der Waals surface area contributed by atoms with Crippen LogP contribution in [0.4, 0.5) is 0 Å². The van der Waals surface area contributed by atoms with Crippen molar-refractivity contribution in [3.05, 3.63) is 29.3 Å². The van der Waals surface area contributed by atoms with Gasteiger partial charge in [-0.2, -0.15) is 9.57 Å². The van der Waals surface area contributed by atoms with E-state index in [4.69, 9.17) is 11.0 Å². The van der Waals surface area contributed by atoms with Crippen molar-refractivity contribution >= 4 is 22.4 Å². The van der Waals surface area contributed by atoms with E-state index in [1.165, 1.54) is 16.4 Å². The molecule has 2 rings (SSSR count). The van der Waals surface area contributed by atoms with Gasteiger partial charge in [-0.25, -0.2) is 8.42 Å². The highest BCUT2D eigenvalue weighted by molar-refractivity contribution is 7.89. The molecule has 0 aromatic heterocycles. The molecule has 1 unspecified atom stereocenters. The Morgan fingerprint density at radius 2 is 2.14 bits per heavy atom. The van der Waals surface area contributed by atoms with Crippen LogP contribution in [0, 0.1) is 23.7 Å². The molecule has 0 radical (unpaired) electrons. The molecule has 1 heterocycles. The van der Waals surface area contributed by atoms with E-state index in [1.54, 1.807) is 13.0 Å². The van der Waals surface area contributed by atoms with Gasteiger partial charge in [0.1, 0.15) is 0 Å². The number of nitrogens with two attached hydrogens (primary N) is 1. The molecule has 1 aliphatic heterocycles. The maximum atomic E-state index is 12.7. The van der Waals surface area contributed by atoms with Crippen LogP contribution in [0.2, 0.25) is 0 Å². The van der Waals surface area contributed by atoms with Gasteiger partial charge in [-0.15, -0.1) is 12.4 Å². The first-order valence-corrected chi connectivity index (χ1v) is 7.97. The Labute approximate surface area is 132 Å². The minimum Gasteiger partial charge on any atom is -0.330 e. The molecule has 1 aromatic carbocycles. The fourth-order valence-electron chi connectivity index (χ4n) is 2.50. The van der Waals surface area contributed by atoms with Crippen molar-refractivity contribution in [2.75, 3.05) is 19.6 Å². The highest BCUT2D eigenvalue weighted by atomic mass is 35.5. The lowest BCUT2D eigenvalue weighted by molar-refractivity contribution is 0.349. The fourth-order valence-corrected chi connectivity index (χ4v) is 4.29. The third-order valence-electron chi connectivity index (χ3n) is 3.94. The Morgan fingerprint density at radius 1 is 1.48 bits per heavy atom. The van der Waals surface area contributed by atoms with E-state index in [0.717, 1.165) is 6.42 Å². The van der Waals surface area contributed by atoms with E-state index in [0.29, 0.717) is 30.8 Å². The SMILES string of the molecule is Cc1cc(C#N)ccc1S(=O)(=O)N1CCC(C)(CN)C1.Cl. The normalized spacial score (nSPS) is 22.6. The third-order valence-corrected chi connectivity index (χ3v) is 5.94. The van der Waals surface area contributed by atoms with Crippen molar-refractivity contribution in [3.63, 3.8) is 0 Å². The third kappa shape index (κ3) is 3.38. The zero-order valence-corrected chi connectivity index (χ0v) is 13.8. The standard InChI is InChI=1S/C14H19N3O2S.ClH/c1-11-7-12(8-15)3-4-13(11)20(18,19)17-6-5-14(2,9-16)10-17;/h3-4,7H,5-6,9-10,16H2,1-2H3;1H. The predicted octanol–water partition coefficient (Wildman–Crippen LogP) is 1.65. The highest BCUT2D eigenvalue weighted by Gasteiger charge is 2.39. The molecule has 1 aromatic rings. The van der Waals surface area contributed by atoms with Crippen molar-refractivity contribution in [3.8, 4) is 6.07 Å². The van der Waals surface area contributed by atoms with Crippen molar-refractivity contribution in [2.45, 2.75) is 25.2 Å². The average Bonchev–Trinajstić information content (AvgIpc) is 2.82. The number of rotatable bonds is 3. The molecule has 21 heavy (non-hydrogen) atoms. The molecule has 1 fully saturated rings. The van der Waals surface area contributed by atoms with Crippen LogP contribution < -0.4 is 5.73 Å². The number of hydrogen-bond acceptors (Lipinski definition) is 4. The van der Waals surface area contributed by atoms with Gasteiger partial charge in [0.15, 0.2) is 0 Å². The monoisotopic (exact) mass is 329 g/mol. The van der Waals surface area contributed by atoms with Crippen molar-refractivity contribution in [1.29, 1.82) is 5.26 Å². The van der Waals surface area contributed by atoms with Gasteiger partial charge < -0.3 is 5.73 Å². The highest BCUT2D eigenvalue weighted by Crippen LogP contribution is 2.33.